The molecule has 3 N–H and O–H groups in total. The highest BCUT2D eigenvalue weighted by Gasteiger charge is 2.10. The van der Waals surface area contributed by atoms with Crippen LogP contribution in [0.4, 0.5) is 10.1 Å². The maximum Gasteiger partial charge on any atom is 0.128 e. The van der Waals surface area contributed by atoms with Crippen molar-refractivity contribution in [1.82, 2.24) is 0 Å². The third kappa shape index (κ3) is 3.08. The van der Waals surface area contributed by atoms with Crippen LogP contribution in [-0.2, 0) is 6.54 Å². The number of hydrogen-bond donors (Lipinski definition) is 2. The van der Waals surface area contributed by atoms with Gasteiger partial charge in [-0.05, 0) is 19.1 Å². The molecule has 0 aliphatic rings. The molecule has 0 amide bonds. The second kappa shape index (κ2) is 5.92. The number of nitrogens with zero attached hydrogens (tertiary/aromatic N) is 1. The fourth-order valence-electron chi connectivity index (χ4n) is 2.13. The van der Waals surface area contributed by atoms with Crippen LogP contribution in [0, 0.1) is 5.82 Å². The molecule has 0 bridgehead atoms. The Labute approximate surface area is 118 Å². The highest BCUT2D eigenvalue weighted by Crippen LogP contribution is 2.28. The summed E-state index contributed by atoms with van der Waals surface area (Å²) in [6, 6.07) is 11.8. The zero-order valence-corrected chi connectivity index (χ0v) is 11.7. The third-order valence-electron chi connectivity index (χ3n) is 3.31. The van der Waals surface area contributed by atoms with E-state index in [1.54, 1.807) is 24.3 Å². The average molecular weight is 274 g/mol. The molecule has 1 atom stereocenters. The Bertz CT molecular complexity index is 599. The number of aromatic hydroxyl groups is 1. The molecule has 2 aromatic carbocycles. The lowest BCUT2D eigenvalue weighted by Gasteiger charge is -2.21. The van der Waals surface area contributed by atoms with Crippen molar-refractivity contribution < 1.29 is 9.50 Å². The summed E-state index contributed by atoms with van der Waals surface area (Å²) in [5.74, 6) is -0.0614. The van der Waals surface area contributed by atoms with Gasteiger partial charge in [-0.25, -0.2) is 4.39 Å². The van der Waals surface area contributed by atoms with E-state index < -0.39 is 0 Å². The first-order valence-corrected chi connectivity index (χ1v) is 6.52. The van der Waals surface area contributed by atoms with Gasteiger partial charge < -0.3 is 15.7 Å². The van der Waals surface area contributed by atoms with Crippen molar-refractivity contribution in [3.8, 4) is 5.75 Å². The Morgan fingerprint density at radius 1 is 1.25 bits per heavy atom. The Hall–Kier alpha value is -2.07. The number of nitrogens with two attached hydrogens (primary N) is 1. The van der Waals surface area contributed by atoms with Crippen LogP contribution in [0.25, 0.3) is 0 Å². The molecule has 106 valence electrons. The van der Waals surface area contributed by atoms with Crippen molar-refractivity contribution in [2.75, 3.05) is 11.9 Å². The number of hydrogen-bond acceptors (Lipinski definition) is 3. The second-order valence-electron chi connectivity index (χ2n) is 4.98. The minimum atomic E-state index is -0.226. The Morgan fingerprint density at radius 2 is 1.95 bits per heavy atom. The quantitative estimate of drug-likeness (QED) is 0.900. The monoisotopic (exact) mass is 274 g/mol. The van der Waals surface area contributed by atoms with Crippen LogP contribution < -0.4 is 10.6 Å². The van der Waals surface area contributed by atoms with Crippen molar-refractivity contribution in [2.24, 2.45) is 5.73 Å². The molecule has 0 fully saturated rings. The summed E-state index contributed by atoms with van der Waals surface area (Å²) in [6.45, 7) is 2.25. The van der Waals surface area contributed by atoms with Crippen LogP contribution in [0.3, 0.4) is 0 Å². The van der Waals surface area contributed by atoms with E-state index in [2.05, 4.69) is 0 Å². The van der Waals surface area contributed by atoms with E-state index in [0.29, 0.717) is 17.7 Å². The van der Waals surface area contributed by atoms with Gasteiger partial charge >= 0.3 is 0 Å². The van der Waals surface area contributed by atoms with Gasteiger partial charge in [0, 0.05) is 42.5 Å². The summed E-state index contributed by atoms with van der Waals surface area (Å²) in [6.07, 6.45) is 0. The van der Waals surface area contributed by atoms with Gasteiger partial charge in [-0.3, -0.25) is 0 Å². The van der Waals surface area contributed by atoms with Gasteiger partial charge in [0.2, 0.25) is 0 Å². The summed E-state index contributed by atoms with van der Waals surface area (Å²) in [4.78, 5) is 1.88. The van der Waals surface area contributed by atoms with Crippen molar-refractivity contribution >= 4 is 5.69 Å². The molecule has 2 rings (SSSR count). The normalized spacial score (nSPS) is 12.2. The molecule has 20 heavy (non-hydrogen) atoms. The van der Waals surface area contributed by atoms with E-state index in [1.807, 2.05) is 31.0 Å². The Morgan fingerprint density at radius 3 is 2.55 bits per heavy atom. The van der Waals surface area contributed by atoms with Gasteiger partial charge in [-0.2, -0.15) is 0 Å². The molecule has 2 aromatic rings. The molecule has 1 unspecified atom stereocenters. The van der Waals surface area contributed by atoms with Crippen LogP contribution in [-0.4, -0.2) is 12.2 Å². The minimum absolute atomic E-state index is 0.165. The van der Waals surface area contributed by atoms with Gasteiger partial charge in [-0.1, -0.05) is 24.3 Å². The number of benzene rings is 2. The molecule has 0 aliphatic heterocycles. The van der Waals surface area contributed by atoms with Gasteiger partial charge in [0.05, 0.1) is 0 Å². The van der Waals surface area contributed by atoms with Gasteiger partial charge in [0.25, 0.3) is 0 Å². The van der Waals surface area contributed by atoms with Crippen molar-refractivity contribution in [3.63, 3.8) is 0 Å². The lowest BCUT2D eigenvalue weighted by Crippen LogP contribution is -2.17. The highest BCUT2D eigenvalue weighted by molar-refractivity contribution is 5.53. The molecule has 3 nitrogen and oxygen atoms in total. The van der Waals surface area contributed by atoms with Gasteiger partial charge in [-0.15, -0.1) is 0 Å². The molecule has 0 aliphatic carbocycles. The van der Waals surface area contributed by atoms with Crippen LogP contribution in [0.15, 0.2) is 42.5 Å². The smallest absolute Gasteiger partial charge is 0.128 e. The first-order chi connectivity index (χ1) is 9.49. The summed E-state index contributed by atoms with van der Waals surface area (Å²) in [5.41, 5.74) is 7.89. The van der Waals surface area contributed by atoms with E-state index in [-0.39, 0.29) is 17.6 Å². The second-order valence-corrected chi connectivity index (χ2v) is 4.98. The van der Waals surface area contributed by atoms with E-state index >= 15 is 0 Å². The number of phenolic OH excluding ortho intramolecular Hbond substituents is 1. The van der Waals surface area contributed by atoms with Crippen molar-refractivity contribution in [3.05, 3.63) is 59.4 Å². The van der Waals surface area contributed by atoms with E-state index in [1.165, 1.54) is 6.07 Å². The topological polar surface area (TPSA) is 49.5 Å². The number of phenols is 1. The molecular formula is C16H19FN2O. The summed E-state index contributed by atoms with van der Waals surface area (Å²) >= 11 is 0. The Balaban J connectivity index is 2.20. The SMILES string of the molecule is CC(N)c1ccc(N(C)Cc2ccccc2F)cc1O. The number of anilines is 1. The predicted octanol–water partition coefficient (Wildman–Crippen LogP) is 3.19. The summed E-state index contributed by atoms with van der Waals surface area (Å²) < 4.78 is 13.6. The molecule has 0 radical (unpaired) electrons. The minimum Gasteiger partial charge on any atom is -0.508 e. The molecule has 0 saturated heterocycles. The molecule has 0 aromatic heterocycles. The number of rotatable bonds is 4. The summed E-state index contributed by atoms with van der Waals surface area (Å²) in [7, 11) is 1.85. The average Bonchev–Trinajstić information content (AvgIpc) is 2.40. The number of halogens is 1. The lowest BCUT2D eigenvalue weighted by atomic mass is 10.1. The fourth-order valence-corrected chi connectivity index (χ4v) is 2.13. The molecule has 0 saturated carbocycles. The molecular weight excluding hydrogens is 255 g/mol. The zero-order chi connectivity index (χ0) is 14.7. The van der Waals surface area contributed by atoms with E-state index in [0.717, 1.165) is 5.69 Å². The van der Waals surface area contributed by atoms with Crippen LogP contribution in [0.2, 0.25) is 0 Å². The van der Waals surface area contributed by atoms with E-state index in [9.17, 15) is 9.50 Å². The van der Waals surface area contributed by atoms with Crippen LogP contribution in [0.1, 0.15) is 24.1 Å². The van der Waals surface area contributed by atoms with Gasteiger partial charge in [0.1, 0.15) is 11.6 Å². The third-order valence-corrected chi connectivity index (χ3v) is 3.31. The largest absolute Gasteiger partial charge is 0.508 e. The van der Waals surface area contributed by atoms with Crippen molar-refractivity contribution in [2.45, 2.75) is 19.5 Å². The lowest BCUT2D eigenvalue weighted by molar-refractivity contribution is 0.464. The maximum atomic E-state index is 13.6. The maximum absolute atomic E-state index is 13.6. The van der Waals surface area contributed by atoms with Crippen molar-refractivity contribution in [1.29, 1.82) is 0 Å². The van der Waals surface area contributed by atoms with Crippen LogP contribution in [0.5, 0.6) is 5.75 Å². The highest BCUT2D eigenvalue weighted by atomic mass is 19.1. The molecule has 0 heterocycles. The Kier molecular flexibility index (Phi) is 4.25. The van der Waals surface area contributed by atoms with E-state index in [4.69, 9.17) is 5.73 Å². The predicted molar refractivity (Wildman–Crippen MR) is 79.2 cm³/mol. The summed E-state index contributed by atoms with van der Waals surface area (Å²) in [5, 5.41) is 9.95. The molecule has 0 spiro atoms. The van der Waals surface area contributed by atoms with Crippen LogP contribution >= 0.6 is 0 Å². The zero-order valence-electron chi connectivity index (χ0n) is 11.7. The first-order valence-electron chi connectivity index (χ1n) is 6.52. The molecule has 4 heteroatoms. The standard InChI is InChI=1S/C16H19FN2O/c1-11(18)14-8-7-13(9-16(14)20)19(2)10-12-5-3-4-6-15(12)17/h3-9,11,20H,10,18H2,1-2H3. The fraction of sp³-hybridized carbons (Fsp3) is 0.250. The van der Waals surface area contributed by atoms with Gasteiger partial charge in [0.15, 0.2) is 0 Å². The first kappa shape index (κ1) is 14.3.